The molecule has 2 N–H and O–H groups in total. The lowest BCUT2D eigenvalue weighted by Gasteiger charge is -2.32. The standard InChI is InChI=1S/C10H20N2O2/c1-9(7-11-8-10(13)14)12-5-3-2-4-6-12/h9,11H,2-8H2,1H3,(H,13,14). The molecular weight excluding hydrogens is 180 g/mol. The molecule has 1 aliphatic rings. The van der Waals surface area contributed by atoms with E-state index >= 15 is 0 Å². The fourth-order valence-electron chi connectivity index (χ4n) is 1.88. The SMILES string of the molecule is CC(CNCC(=O)O)N1CCCCC1. The van der Waals surface area contributed by atoms with Crippen molar-refractivity contribution in [3.8, 4) is 0 Å². The first-order valence-corrected chi connectivity index (χ1v) is 5.36. The summed E-state index contributed by atoms with van der Waals surface area (Å²) in [6.07, 6.45) is 3.90. The zero-order chi connectivity index (χ0) is 10.4. The van der Waals surface area contributed by atoms with E-state index in [0.29, 0.717) is 6.04 Å². The Morgan fingerprint density at radius 1 is 1.43 bits per heavy atom. The monoisotopic (exact) mass is 200 g/mol. The van der Waals surface area contributed by atoms with Crippen LogP contribution in [0.5, 0.6) is 0 Å². The molecule has 1 unspecified atom stereocenters. The van der Waals surface area contributed by atoms with E-state index in [-0.39, 0.29) is 6.54 Å². The third-order valence-electron chi connectivity index (χ3n) is 2.73. The summed E-state index contributed by atoms with van der Waals surface area (Å²) in [6, 6.07) is 0.453. The number of carbonyl (C=O) groups is 1. The highest BCUT2D eigenvalue weighted by Gasteiger charge is 2.15. The summed E-state index contributed by atoms with van der Waals surface area (Å²) in [7, 11) is 0. The zero-order valence-electron chi connectivity index (χ0n) is 8.83. The minimum absolute atomic E-state index is 0.0676. The Balaban J connectivity index is 2.13. The second-order valence-electron chi connectivity index (χ2n) is 3.97. The third-order valence-corrected chi connectivity index (χ3v) is 2.73. The minimum atomic E-state index is -0.782. The highest BCUT2D eigenvalue weighted by atomic mass is 16.4. The van der Waals surface area contributed by atoms with E-state index < -0.39 is 5.97 Å². The van der Waals surface area contributed by atoms with Crippen LogP contribution in [0.2, 0.25) is 0 Å². The van der Waals surface area contributed by atoms with Crippen LogP contribution in [0.1, 0.15) is 26.2 Å². The number of nitrogens with zero attached hydrogens (tertiary/aromatic N) is 1. The first-order valence-electron chi connectivity index (χ1n) is 5.36. The van der Waals surface area contributed by atoms with Crippen LogP contribution in [0.25, 0.3) is 0 Å². The number of rotatable bonds is 5. The van der Waals surface area contributed by atoms with Gasteiger partial charge >= 0.3 is 5.97 Å². The molecule has 0 spiro atoms. The fraction of sp³-hybridized carbons (Fsp3) is 0.900. The lowest BCUT2D eigenvalue weighted by atomic mass is 10.1. The molecule has 82 valence electrons. The molecule has 4 nitrogen and oxygen atoms in total. The number of nitrogens with one attached hydrogen (secondary N) is 1. The van der Waals surface area contributed by atoms with Gasteiger partial charge in [0.1, 0.15) is 0 Å². The first kappa shape index (κ1) is 11.5. The van der Waals surface area contributed by atoms with Crippen LogP contribution in [0.15, 0.2) is 0 Å². The lowest BCUT2D eigenvalue weighted by molar-refractivity contribution is -0.136. The van der Waals surface area contributed by atoms with Crippen molar-refractivity contribution >= 4 is 5.97 Å². The number of aliphatic carboxylic acids is 1. The second kappa shape index (κ2) is 5.98. The molecule has 0 amide bonds. The third kappa shape index (κ3) is 4.07. The molecular formula is C10H20N2O2. The molecule has 0 aromatic heterocycles. The van der Waals surface area contributed by atoms with Crippen LogP contribution in [-0.4, -0.2) is 48.2 Å². The molecule has 1 heterocycles. The smallest absolute Gasteiger partial charge is 0.317 e. The average Bonchev–Trinajstić information content (AvgIpc) is 2.18. The Kier molecular flexibility index (Phi) is 4.90. The van der Waals surface area contributed by atoms with Crippen LogP contribution in [0, 0.1) is 0 Å². The summed E-state index contributed by atoms with van der Waals surface area (Å²) in [5.41, 5.74) is 0. The Bertz CT molecular complexity index is 179. The van der Waals surface area contributed by atoms with E-state index in [1.807, 2.05) is 0 Å². The number of carboxylic acids is 1. The van der Waals surface area contributed by atoms with Gasteiger partial charge in [-0.25, -0.2) is 0 Å². The molecule has 0 aliphatic carbocycles. The largest absolute Gasteiger partial charge is 0.480 e. The first-order chi connectivity index (χ1) is 6.70. The molecule has 4 heteroatoms. The maximum Gasteiger partial charge on any atom is 0.317 e. The van der Waals surface area contributed by atoms with Gasteiger partial charge in [-0.3, -0.25) is 9.69 Å². The molecule has 0 saturated carbocycles. The van der Waals surface area contributed by atoms with Crippen molar-refractivity contribution < 1.29 is 9.90 Å². The Labute approximate surface area is 85.3 Å². The van der Waals surface area contributed by atoms with Crippen molar-refractivity contribution in [2.75, 3.05) is 26.2 Å². The summed E-state index contributed by atoms with van der Waals surface area (Å²) >= 11 is 0. The van der Waals surface area contributed by atoms with E-state index in [1.165, 1.54) is 19.3 Å². The van der Waals surface area contributed by atoms with Crippen LogP contribution >= 0.6 is 0 Å². The predicted octanol–water partition coefficient (Wildman–Crippen LogP) is 0.535. The van der Waals surface area contributed by atoms with Crippen molar-refractivity contribution in [2.24, 2.45) is 0 Å². The fourth-order valence-corrected chi connectivity index (χ4v) is 1.88. The number of hydrogen-bond donors (Lipinski definition) is 2. The summed E-state index contributed by atoms with van der Waals surface area (Å²) < 4.78 is 0. The van der Waals surface area contributed by atoms with Crippen LogP contribution < -0.4 is 5.32 Å². The summed E-state index contributed by atoms with van der Waals surface area (Å²) in [4.78, 5) is 12.7. The number of carboxylic acid groups (broad SMARTS) is 1. The van der Waals surface area contributed by atoms with Gasteiger partial charge in [-0.2, -0.15) is 0 Å². The molecule has 0 aromatic rings. The average molecular weight is 200 g/mol. The normalized spacial score (nSPS) is 20.6. The van der Waals surface area contributed by atoms with Crippen molar-refractivity contribution in [1.29, 1.82) is 0 Å². The molecule has 0 radical (unpaired) electrons. The van der Waals surface area contributed by atoms with Crippen molar-refractivity contribution in [1.82, 2.24) is 10.2 Å². The maximum absolute atomic E-state index is 10.3. The lowest BCUT2D eigenvalue weighted by Crippen LogP contribution is -2.43. The summed E-state index contributed by atoms with van der Waals surface area (Å²) in [5, 5.41) is 11.4. The molecule has 0 aromatic carbocycles. The topological polar surface area (TPSA) is 52.6 Å². The van der Waals surface area contributed by atoms with Crippen molar-refractivity contribution in [3.63, 3.8) is 0 Å². The van der Waals surface area contributed by atoms with Gasteiger partial charge in [0.15, 0.2) is 0 Å². The van der Waals surface area contributed by atoms with Gasteiger partial charge in [-0.05, 0) is 32.9 Å². The van der Waals surface area contributed by atoms with Gasteiger partial charge in [-0.1, -0.05) is 6.42 Å². The number of hydrogen-bond acceptors (Lipinski definition) is 3. The maximum atomic E-state index is 10.3. The Hall–Kier alpha value is -0.610. The molecule has 1 fully saturated rings. The van der Waals surface area contributed by atoms with Gasteiger partial charge in [0.2, 0.25) is 0 Å². The molecule has 14 heavy (non-hydrogen) atoms. The van der Waals surface area contributed by atoms with E-state index in [9.17, 15) is 4.79 Å². The van der Waals surface area contributed by atoms with Crippen molar-refractivity contribution in [3.05, 3.63) is 0 Å². The van der Waals surface area contributed by atoms with E-state index in [4.69, 9.17) is 5.11 Å². The van der Waals surface area contributed by atoms with Gasteiger partial charge in [-0.15, -0.1) is 0 Å². The Morgan fingerprint density at radius 3 is 2.64 bits per heavy atom. The molecule has 1 aliphatic heterocycles. The summed E-state index contributed by atoms with van der Waals surface area (Å²) in [6.45, 7) is 5.32. The van der Waals surface area contributed by atoms with E-state index in [0.717, 1.165) is 19.6 Å². The molecule has 1 saturated heterocycles. The van der Waals surface area contributed by atoms with Crippen LogP contribution in [0.4, 0.5) is 0 Å². The highest BCUT2D eigenvalue weighted by Crippen LogP contribution is 2.11. The van der Waals surface area contributed by atoms with Gasteiger partial charge in [0.25, 0.3) is 0 Å². The van der Waals surface area contributed by atoms with Crippen LogP contribution in [-0.2, 0) is 4.79 Å². The van der Waals surface area contributed by atoms with Gasteiger partial charge in [0, 0.05) is 12.6 Å². The molecule has 1 rings (SSSR count). The Morgan fingerprint density at radius 2 is 2.07 bits per heavy atom. The quantitative estimate of drug-likeness (QED) is 0.680. The van der Waals surface area contributed by atoms with Crippen LogP contribution in [0.3, 0.4) is 0 Å². The predicted molar refractivity (Wildman–Crippen MR) is 55.4 cm³/mol. The molecule has 0 bridgehead atoms. The second-order valence-corrected chi connectivity index (χ2v) is 3.97. The van der Waals surface area contributed by atoms with E-state index in [2.05, 4.69) is 17.1 Å². The zero-order valence-corrected chi connectivity index (χ0v) is 8.83. The van der Waals surface area contributed by atoms with E-state index in [1.54, 1.807) is 0 Å². The van der Waals surface area contributed by atoms with Crippen molar-refractivity contribution in [2.45, 2.75) is 32.2 Å². The highest BCUT2D eigenvalue weighted by molar-refractivity contribution is 5.68. The van der Waals surface area contributed by atoms with Gasteiger partial charge in [0.05, 0.1) is 6.54 Å². The minimum Gasteiger partial charge on any atom is -0.480 e. The summed E-state index contributed by atoms with van der Waals surface area (Å²) in [5.74, 6) is -0.782. The number of piperidine rings is 1. The van der Waals surface area contributed by atoms with Gasteiger partial charge < -0.3 is 10.4 Å². The number of likely N-dealkylation sites (tertiary alicyclic amines) is 1. The molecule has 1 atom stereocenters.